The zero-order valence-corrected chi connectivity index (χ0v) is 6.41. The van der Waals surface area contributed by atoms with Crippen LogP contribution in [0.1, 0.15) is 19.8 Å². The maximum absolute atomic E-state index is 3.31. The summed E-state index contributed by atoms with van der Waals surface area (Å²) in [5, 5.41) is 3.31. The van der Waals surface area contributed by atoms with E-state index in [0.717, 1.165) is 13.1 Å². The lowest BCUT2D eigenvalue weighted by Crippen LogP contribution is -2.23. The minimum atomic E-state index is 1.04. The predicted octanol–water partition coefficient (Wildman–Crippen LogP) is 1.32. The number of hydrogen-bond donors (Lipinski definition) is 1. The van der Waals surface area contributed by atoms with E-state index in [1.165, 1.54) is 18.4 Å². The third kappa shape index (κ3) is 2.24. The molecule has 1 N–H and O–H groups in total. The highest BCUT2D eigenvalue weighted by molar-refractivity contribution is 5.22. The summed E-state index contributed by atoms with van der Waals surface area (Å²) in [5.41, 5.74) is 1.44. The molecule has 0 unspecified atom stereocenters. The summed E-state index contributed by atoms with van der Waals surface area (Å²) in [6.45, 7) is 4.07. The van der Waals surface area contributed by atoms with Crippen molar-refractivity contribution in [3.05, 3.63) is 11.6 Å². The maximum Gasteiger partial charge on any atom is 0.0174 e. The minimum absolute atomic E-state index is 1.04. The van der Waals surface area contributed by atoms with Crippen molar-refractivity contribution in [3.8, 4) is 11.8 Å². The molecule has 0 atom stereocenters. The number of piperidine rings is 1. The fourth-order valence-corrected chi connectivity index (χ4v) is 1.08. The molecule has 0 radical (unpaired) electrons. The second-order valence-corrected chi connectivity index (χ2v) is 2.48. The molecular weight excluding hydrogens is 122 g/mol. The van der Waals surface area contributed by atoms with Crippen molar-refractivity contribution in [1.29, 1.82) is 0 Å². The van der Waals surface area contributed by atoms with Crippen molar-refractivity contribution in [1.82, 2.24) is 5.32 Å². The van der Waals surface area contributed by atoms with E-state index in [1.54, 1.807) is 0 Å². The van der Waals surface area contributed by atoms with Crippen LogP contribution in [0, 0.1) is 11.8 Å². The third-order valence-corrected chi connectivity index (χ3v) is 1.62. The lowest BCUT2D eigenvalue weighted by molar-refractivity contribution is 0.610. The maximum atomic E-state index is 3.31. The van der Waals surface area contributed by atoms with Crippen LogP contribution in [0.2, 0.25) is 0 Å². The molecule has 0 spiro atoms. The molecule has 1 aliphatic rings. The molecule has 1 nitrogen and oxygen atoms in total. The Hall–Kier alpha value is -0.740. The summed E-state index contributed by atoms with van der Waals surface area (Å²) >= 11 is 0. The Morgan fingerprint density at radius 1 is 1.60 bits per heavy atom. The van der Waals surface area contributed by atoms with E-state index in [-0.39, 0.29) is 0 Å². The summed E-state index contributed by atoms with van der Waals surface area (Å²) in [6, 6.07) is 0. The van der Waals surface area contributed by atoms with Gasteiger partial charge in [0, 0.05) is 6.54 Å². The normalized spacial score (nSPS) is 21.9. The molecule has 0 aromatic heterocycles. The average molecular weight is 135 g/mol. The highest BCUT2D eigenvalue weighted by Crippen LogP contribution is 2.06. The summed E-state index contributed by atoms with van der Waals surface area (Å²) in [6.07, 6.45) is 4.52. The van der Waals surface area contributed by atoms with Crippen molar-refractivity contribution >= 4 is 0 Å². The van der Waals surface area contributed by atoms with Crippen LogP contribution in [0.25, 0.3) is 0 Å². The largest absolute Gasteiger partial charge is 0.313 e. The number of rotatable bonds is 0. The second kappa shape index (κ2) is 4.14. The van der Waals surface area contributed by atoms with Gasteiger partial charge in [0.1, 0.15) is 0 Å². The first kappa shape index (κ1) is 7.37. The topological polar surface area (TPSA) is 12.0 Å². The van der Waals surface area contributed by atoms with Crippen LogP contribution in [0.5, 0.6) is 0 Å². The SMILES string of the molecule is CC#CC=C1CCCNC1. The molecule has 0 amide bonds. The Bertz CT molecular complexity index is 173. The lowest BCUT2D eigenvalue weighted by atomic mass is 10.1. The quantitative estimate of drug-likeness (QED) is 0.494. The molecule has 1 saturated heterocycles. The van der Waals surface area contributed by atoms with Gasteiger partial charge in [0.25, 0.3) is 0 Å². The number of allylic oxidation sites excluding steroid dienone is 1. The Morgan fingerprint density at radius 2 is 2.50 bits per heavy atom. The molecule has 1 heterocycles. The number of hydrogen-bond acceptors (Lipinski definition) is 1. The summed E-state index contributed by atoms with van der Waals surface area (Å²) < 4.78 is 0. The highest BCUT2D eigenvalue weighted by Gasteiger charge is 2.01. The van der Waals surface area contributed by atoms with Crippen LogP contribution in [-0.2, 0) is 0 Å². The van der Waals surface area contributed by atoms with E-state index >= 15 is 0 Å². The summed E-state index contributed by atoms with van der Waals surface area (Å²) in [5.74, 6) is 5.83. The van der Waals surface area contributed by atoms with Gasteiger partial charge in [-0.25, -0.2) is 0 Å². The van der Waals surface area contributed by atoms with E-state index < -0.39 is 0 Å². The first-order valence-electron chi connectivity index (χ1n) is 3.74. The van der Waals surface area contributed by atoms with Crippen molar-refractivity contribution in [2.24, 2.45) is 0 Å². The minimum Gasteiger partial charge on any atom is -0.313 e. The molecule has 0 aromatic rings. The van der Waals surface area contributed by atoms with Crippen LogP contribution in [0.3, 0.4) is 0 Å². The standard InChI is InChI=1S/C9H13N/c1-2-3-5-9-6-4-7-10-8-9/h5,10H,4,6-8H2,1H3. The van der Waals surface area contributed by atoms with Crippen LogP contribution in [-0.4, -0.2) is 13.1 Å². The Kier molecular flexibility index (Phi) is 3.05. The first-order valence-corrected chi connectivity index (χ1v) is 3.74. The molecule has 10 heavy (non-hydrogen) atoms. The van der Waals surface area contributed by atoms with Gasteiger partial charge in [-0.3, -0.25) is 0 Å². The molecule has 1 fully saturated rings. The van der Waals surface area contributed by atoms with Crippen LogP contribution in [0.4, 0.5) is 0 Å². The van der Waals surface area contributed by atoms with Crippen LogP contribution >= 0.6 is 0 Å². The van der Waals surface area contributed by atoms with Crippen molar-refractivity contribution in [2.75, 3.05) is 13.1 Å². The lowest BCUT2D eigenvalue weighted by Gasteiger charge is -2.13. The number of nitrogens with one attached hydrogen (secondary N) is 1. The van der Waals surface area contributed by atoms with Gasteiger partial charge in [-0.2, -0.15) is 0 Å². The van der Waals surface area contributed by atoms with Crippen LogP contribution < -0.4 is 5.32 Å². The molecule has 0 bridgehead atoms. The fourth-order valence-electron chi connectivity index (χ4n) is 1.08. The molecule has 1 rings (SSSR count). The van der Waals surface area contributed by atoms with Crippen LogP contribution in [0.15, 0.2) is 11.6 Å². The fraction of sp³-hybridized carbons (Fsp3) is 0.556. The monoisotopic (exact) mass is 135 g/mol. The van der Waals surface area contributed by atoms with Gasteiger partial charge in [-0.15, -0.1) is 5.92 Å². The Balaban J connectivity index is 2.42. The van der Waals surface area contributed by atoms with Gasteiger partial charge in [-0.05, 0) is 38.0 Å². The Labute approximate surface area is 62.5 Å². The summed E-state index contributed by atoms with van der Waals surface area (Å²) in [4.78, 5) is 0. The van der Waals surface area contributed by atoms with Crippen molar-refractivity contribution in [3.63, 3.8) is 0 Å². The van der Waals surface area contributed by atoms with Gasteiger partial charge in [0.2, 0.25) is 0 Å². The van der Waals surface area contributed by atoms with Gasteiger partial charge in [0.15, 0.2) is 0 Å². The van der Waals surface area contributed by atoms with E-state index in [4.69, 9.17) is 0 Å². The molecule has 1 aliphatic heterocycles. The zero-order valence-electron chi connectivity index (χ0n) is 6.41. The van der Waals surface area contributed by atoms with Crippen molar-refractivity contribution < 1.29 is 0 Å². The molecule has 0 saturated carbocycles. The first-order chi connectivity index (χ1) is 4.93. The van der Waals surface area contributed by atoms with E-state index in [0.29, 0.717) is 0 Å². The highest BCUT2D eigenvalue weighted by atomic mass is 14.9. The predicted molar refractivity (Wildman–Crippen MR) is 43.6 cm³/mol. The van der Waals surface area contributed by atoms with Gasteiger partial charge in [-0.1, -0.05) is 5.92 Å². The molecule has 0 aliphatic carbocycles. The second-order valence-electron chi connectivity index (χ2n) is 2.48. The zero-order chi connectivity index (χ0) is 7.23. The van der Waals surface area contributed by atoms with Crippen molar-refractivity contribution in [2.45, 2.75) is 19.8 Å². The third-order valence-electron chi connectivity index (χ3n) is 1.62. The van der Waals surface area contributed by atoms with Gasteiger partial charge < -0.3 is 5.32 Å². The molecular formula is C9H13N. The van der Waals surface area contributed by atoms with E-state index in [9.17, 15) is 0 Å². The molecule has 1 heteroatoms. The Morgan fingerprint density at radius 3 is 3.10 bits per heavy atom. The van der Waals surface area contributed by atoms with E-state index in [2.05, 4.69) is 17.2 Å². The summed E-state index contributed by atoms with van der Waals surface area (Å²) in [7, 11) is 0. The molecule has 54 valence electrons. The average Bonchev–Trinajstić information content (AvgIpc) is 2.03. The van der Waals surface area contributed by atoms with E-state index in [1.807, 2.05) is 13.0 Å². The van der Waals surface area contributed by atoms with Gasteiger partial charge >= 0.3 is 0 Å². The molecule has 0 aromatic carbocycles. The smallest absolute Gasteiger partial charge is 0.0174 e. The van der Waals surface area contributed by atoms with Gasteiger partial charge in [0.05, 0.1) is 0 Å².